The normalized spacial score (nSPS) is 30.8. The number of rotatable bonds is 1. The fraction of sp³-hybridized carbons (Fsp3) is 0.875. The standard InChI is InChI=1S/C8H16N2O/c1-7-6-8(9-11-3)4-5-10(7)2/h7H,4-6H2,1-3H3/b9-8+. The van der Waals surface area contributed by atoms with Gasteiger partial charge in [-0.3, -0.25) is 0 Å². The molecule has 64 valence electrons. The summed E-state index contributed by atoms with van der Waals surface area (Å²) >= 11 is 0. The first-order valence-electron chi connectivity index (χ1n) is 4.03. The van der Waals surface area contributed by atoms with Gasteiger partial charge in [-0.1, -0.05) is 5.16 Å². The molecule has 0 amide bonds. The van der Waals surface area contributed by atoms with E-state index in [9.17, 15) is 0 Å². The average Bonchev–Trinajstić information content (AvgIpc) is 1.98. The summed E-state index contributed by atoms with van der Waals surface area (Å²) < 4.78 is 0. The molecule has 3 nitrogen and oxygen atoms in total. The van der Waals surface area contributed by atoms with Crippen molar-refractivity contribution in [2.45, 2.75) is 25.8 Å². The van der Waals surface area contributed by atoms with E-state index < -0.39 is 0 Å². The summed E-state index contributed by atoms with van der Waals surface area (Å²) in [4.78, 5) is 7.08. The lowest BCUT2D eigenvalue weighted by Crippen LogP contribution is -2.37. The number of likely N-dealkylation sites (tertiary alicyclic amines) is 1. The lowest BCUT2D eigenvalue weighted by molar-refractivity contribution is 0.200. The van der Waals surface area contributed by atoms with Crippen molar-refractivity contribution in [2.24, 2.45) is 5.16 Å². The highest BCUT2D eigenvalue weighted by Gasteiger charge is 2.18. The molecular formula is C8H16N2O. The van der Waals surface area contributed by atoms with E-state index in [2.05, 4.69) is 24.0 Å². The molecule has 1 aliphatic heterocycles. The number of piperidine rings is 1. The van der Waals surface area contributed by atoms with Crippen molar-refractivity contribution >= 4 is 5.71 Å². The van der Waals surface area contributed by atoms with Gasteiger partial charge in [0.1, 0.15) is 7.11 Å². The lowest BCUT2D eigenvalue weighted by Gasteiger charge is -2.29. The van der Waals surface area contributed by atoms with Gasteiger partial charge in [-0.15, -0.1) is 0 Å². The SMILES string of the molecule is CO/N=C1\CCN(C)C(C)C1. The monoisotopic (exact) mass is 156 g/mol. The van der Waals surface area contributed by atoms with Gasteiger partial charge >= 0.3 is 0 Å². The van der Waals surface area contributed by atoms with E-state index in [0.29, 0.717) is 6.04 Å². The molecule has 0 aromatic rings. The van der Waals surface area contributed by atoms with E-state index in [-0.39, 0.29) is 0 Å². The van der Waals surface area contributed by atoms with E-state index >= 15 is 0 Å². The van der Waals surface area contributed by atoms with Crippen molar-refractivity contribution in [2.75, 3.05) is 20.7 Å². The van der Waals surface area contributed by atoms with E-state index in [1.807, 2.05) is 0 Å². The van der Waals surface area contributed by atoms with Crippen LogP contribution in [0.1, 0.15) is 19.8 Å². The van der Waals surface area contributed by atoms with Crippen molar-refractivity contribution in [1.29, 1.82) is 0 Å². The van der Waals surface area contributed by atoms with E-state index in [4.69, 9.17) is 4.84 Å². The van der Waals surface area contributed by atoms with Gasteiger partial charge in [-0.05, 0) is 14.0 Å². The number of hydrogen-bond acceptors (Lipinski definition) is 3. The van der Waals surface area contributed by atoms with Gasteiger partial charge in [0.25, 0.3) is 0 Å². The zero-order chi connectivity index (χ0) is 8.27. The largest absolute Gasteiger partial charge is 0.399 e. The smallest absolute Gasteiger partial charge is 0.106 e. The summed E-state index contributed by atoms with van der Waals surface area (Å²) in [7, 11) is 3.75. The molecule has 0 N–H and O–H groups in total. The van der Waals surface area contributed by atoms with Gasteiger partial charge in [0, 0.05) is 25.4 Å². The maximum atomic E-state index is 4.73. The molecule has 0 spiro atoms. The average molecular weight is 156 g/mol. The summed E-state index contributed by atoms with van der Waals surface area (Å²) in [5.41, 5.74) is 1.19. The Balaban J connectivity index is 2.46. The van der Waals surface area contributed by atoms with Crippen LogP contribution in [0.3, 0.4) is 0 Å². The van der Waals surface area contributed by atoms with Crippen molar-refractivity contribution in [3.05, 3.63) is 0 Å². The second-order valence-corrected chi connectivity index (χ2v) is 3.12. The number of oxime groups is 1. The second-order valence-electron chi connectivity index (χ2n) is 3.12. The van der Waals surface area contributed by atoms with Crippen LogP contribution < -0.4 is 0 Å². The second kappa shape index (κ2) is 3.72. The summed E-state index contributed by atoms with van der Waals surface area (Å²) in [5, 5.41) is 3.96. The van der Waals surface area contributed by atoms with E-state index in [1.165, 1.54) is 5.71 Å². The lowest BCUT2D eigenvalue weighted by atomic mass is 10.0. The molecule has 0 radical (unpaired) electrons. The molecule has 1 unspecified atom stereocenters. The minimum atomic E-state index is 0.609. The topological polar surface area (TPSA) is 24.8 Å². The Morgan fingerprint density at radius 1 is 1.64 bits per heavy atom. The Kier molecular flexibility index (Phi) is 2.88. The Morgan fingerprint density at radius 3 is 2.91 bits per heavy atom. The Morgan fingerprint density at radius 2 is 2.36 bits per heavy atom. The molecule has 1 rings (SSSR count). The van der Waals surface area contributed by atoms with Crippen LogP contribution in [0.4, 0.5) is 0 Å². The zero-order valence-electron chi connectivity index (χ0n) is 7.50. The van der Waals surface area contributed by atoms with Crippen LogP contribution in [-0.2, 0) is 4.84 Å². The van der Waals surface area contributed by atoms with Crippen LogP contribution in [0.15, 0.2) is 5.16 Å². The van der Waals surface area contributed by atoms with Crippen molar-refractivity contribution < 1.29 is 4.84 Å². The van der Waals surface area contributed by atoms with Gasteiger partial charge < -0.3 is 9.74 Å². The Bertz CT molecular complexity index is 156. The molecule has 1 aliphatic rings. The zero-order valence-corrected chi connectivity index (χ0v) is 7.50. The van der Waals surface area contributed by atoms with Gasteiger partial charge in [-0.2, -0.15) is 0 Å². The van der Waals surface area contributed by atoms with Crippen molar-refractivity contribution in [3.63, 3.8) is 0 Å². The van der Waals surface area contributed by atoms with Crippen LogP contribution in [-0.4, -0.2) is 37.4 Å². The van der Waals surface area contributed by atoms with Crippen molar-refractivity contribution in [1.82, 2.24) is 4.90 Å². The quantitative estimate of drug-likeness (QED) is 0.531. The van der Waals surface area contributed by atoms with Crippen LogP contribution in [0.2, 0.25) is 0 Å². The third kappa shape index (κ3) is 2.19. The molecule has 1 saturated heterocycles. The first-order chi connectivity index (χ1) is 5.24. The van der Waals surface area contributed by atoms with Crippen LogP contribution in [0, 0.1) is 0 Å². The molecule has 1 atom stereocenters. The highest BCUT2D eigenvalue weighted by molar-refractivity contribution is 5.85. The fourth-order valence-corrected chi connectivity index (χ4v) is 1.34. The summed E-state index contributed by atoms with van der Waals surface area (Å²) in [6.07, 6.45) is 2.10. The van der Waals surface area contributed by atoms with Gasteiger partial charge in [0.2, 0.25) is 0 Å². The van der Waals surface area contributed by atoms with Crippen LogP contribution in [0.5, 0.6) is 0 Å². The Labute approximate surface area is 68.0 Å². The minimum Gasteiger partial charge on any atom is -0.399 e. The van der Waals surface area contributed by atoms with Gasteiger partial charge in [0.15, 0.2) is 0 Å². The third-order valence-corrected chi connectivity index (χ3v) is 2.26. The molecule has 1 fully saturated rings. The first-order valence-corrected chi connectivity index (χ1v) is 4.03. The predicted octanol–water partition coefficient (Wildman–Crippen LogP) is 1.10. The minimum absolute atomic E-state index is 0.609. The number of hydrogen-bond donors (Lipinski definition) is 0. The van der Waals surface area contributed by atoms with Crippen molar-refractivity contribution in [3.8, 4) is 0 Å². The maximum Gasteiger partial charge on any atom is 0.106 e. The van der Waals surface area contributed by atoms with Gasteiger partial charge in [0.05, 0.1) is 5.71 Å². The first kappa shape index (κ1) is 8.53. The molecule has 0 saturated carbocycles. The van der Waals surface area contributed by atoms with E-state index in [1.54, 1.807) is 7.11 Å². The summed E-state index contributed by atoms with van der Waals surface area (Å²) in [5.74, 6) is 0. The third-order valence-electron chi connectivity index (χ3n) is 2.26. The highest BCUT2D eigenvalue weighted by Crippen LogP contribution is 2.12. The Hall–Kier alpha value is -0.570. The predicted molar refractivity (Wildman–Crippen MR) is 45.8 cm³/mol. The number of nitrogens with zero attached hydrogens (tertiary/aromatic N) is 2. The molecule has 3 heteroatoms. The van der Waals surface area contributed by atoms with Crippen LogP contribution in [0.25, 0.3) is 0 Å². The van der Waals surface area contributed by atoms with Gasteiger partial charge in [-0.25, -0.2) is 0 Å². The highest BCUT2D eigenvalue weighted by atomic mass is 16.6. The summed E-state index contributed by atoms with van der Waals surface area (Å²) in [6, 6.07) is 0.609. The molecule has 0 bridgehead atoms. The summed E-state index contributed by atoms with van der Waals surface area (Å²) in [6.45, 7) is 3.31. The fourth-order valence-electron chi connectivity index (χ4n) is 1.34. The molecule has 0 aromatic heterocycles. The molecular weight excluding hydrogens is 140 g/mol. The molecule has 11 heavy (non-hydrogen) atoms. The van der Waals surface area contributed by atoms with E-state index in [0.717, 1.165) is 19.4 Å². The molecule has 1 heterocycles. The van der Waals surface area contributed by atoms with Crippen LogP contribution >= 0.6 is 0 Å². The molecule has 0 aromatic carbocycles. The molecule has 0 aliphatic carbocycles. The maximum absolute atomic E-state index is 4.73.